The first-order valence-electron chi connectivity index (χ1n) is 1.52. The maximum atomic E-state index is 11.2. The molecular formula is C2H3F2NO2. The third-order valence-electron chi connectivity index (χ3n) is 0.356. The average Bonchev–Trinajstić information content (AvgIpc) is 1.65. The Kier molecular flexibility index (Phi) is 2.18. The molecule has 0 aromatic rings. The molecule has 1 atom stereocenters. The van der Waals surface area contributed by atoms with Crippen LogP contribution in [0.3, 0.4) is 0 Å². The number of nitro groups is 1. The molecule has 0 amide bonds. The van der Waals surface area contributed by atoms with E-state index in [1.165, 1.54) is 0 Å². The van der Waals surface area contributed by atoms with Crippen LogP contribution in [-0.2, 0) is 0 Å². The second-order valence-electron chi connectivity index (χ2n) is 0.874. The lowest BCUT2D eigenvalue weighted by molar-refractivity contribution is -0.554. The monoisotopic (exact) mass is 111 g/mol. The molecule has 0 spiro atoms. The molecule has 0 N–H and O–H groups in total. The molecule has 7 heavy (non-hydrogen) atoms. The molecule has 0 fully saturated rings. The smallest absolute Gasteiger partial charge is 0.261 e. The van der Waals surface area contributed by atoms with E-state index in [9.17, 15) is 8.78 Å². The average molecular weight is 111 g/mol. The van der Waals surface area contributed by atoms with E-state index in [-0.39, 0.29) is 0 Å². The summed E-state index contributed by atoms with van der Waals surface area (Å²) in [6.07, 6.45) is -2.54. The van der Waals surface area contributed by atoms with E-state index in [0.717, 1.165) is 0 Å². The lowest BCUT2D eigenvalue weighted by Crippen LogP contribution is -2.14. The Morgan fingerprint density at radius 2 is 2.29 bits per heavy atom. The Hall–Kier alpha value is -0.740. The van der Waals surface area contributed by atoms with Crippen molar-refractivity contribution >= 4 is 0 Å². The standard InChI is InChI=1S/C2H3F2NO2/c3-1-2(4)5(6)7/h2H,1H2. The summed E-state index contributed by atoms with van der Waals surface area (Å²) in [4.78, 5) is 7.80. The Bertz CT molecular complexity index is 76.1. The van der Waals surface area contributed by atoms with Crippen molar-refractivity contribution in [2.45, 2.75) is 6.30 Å². The van der Waals surface area contributed by atoms with Crippen molar-refractivity contribution in [2.24, 2.45) is 0 Å². The van der Waals surface area contributed by atoms with Gasteiger partial charge in [0.05, 0.1) is 4.92 Å². The van der Waals surface area contributed by atoms with Gasteiger partial charge in [0.25, 0.3) is 0 Å². The van der Waals surface area contributed by atoms with Gasteiger partial charge in [-0.05, 0) is 0 Å². The predicted octanol–water partition coefficient (Wildman–Crippen LogP) is 0.528. The minimum atomic E-state index is -2.54. The van der Waals surface area contributed by atoms with E-state index in [4.69, 9.17) is 10.1 Å². The zero-order valence-electron chi connectivity index (χ0n) is 3.30. The van der Waals surface area contributed by atoms with E-state index < -0.39 is 17.9 Å². The lowest BCUT2D eigenvalue weighted by Gasteiger charge is -1.88. The van der Waals surface area contributed by atoms with Crippen molar-refractivity contribution in [3.63, 3.8) is 0 Å². The summed E-state index contributed by atoms with van der Waals surface area (Å²) in [5.74, 6) is 0. The topological polar surface area (TPSA) is 43.1 Å². The van der Waals surface area contributed by atoms with Gasteiger partial charge in [-0.1, -0.05) is 0 Å². The Labute approximate surface area is 38.1 Å². The second kappa shape index (κ2) is 2.44. The molecule has 0 radical (unpaired) electrons. The van der Waals surface area contributed by atoms with Gasteiger partial charge in [-0.2, -0.15) is 4.39 Å². The van der Waals surface area contributed by atoms with Gasteiger partial charge >= 0.3 is 6.30 Å². The first kappa shape index (κ1) is 6.26. The highest BCUT2D eigenvalue weighted by molar-refractivity contribution is 4.29. The Morgan fingerprint density at radius 1 is 1.86 bits per heavy atom. The van der Waals surface area contributed by atoms with Crippen molar-refractivity contribution in [2.75, 3.05) is 6.67 Å². The van der Waals surface area contributed by atoms with Crippen LogP contribution < -0.4 is 0 Å². The normalized spacial score (nSPS) is 13.4. The second-order valence-corrected chi connectivity index (χ2v) is 0.874. The van der Waals surface area contributed by atoms with Crippen LogP contribution >= 0.6 is 0 Å². The molecule has 0 heterocycles. The van der Waals surface area contributed by atoms with Crippen LogP contribution in [0.15, 0.2) is 0 Å². The van der Waals surface area contributed by atoms with Gasteiger partial charge in [0, 0.05) is 0 Å². The van der Waals surface area contributed by atoms with Gasteiger partial charge < -0.3 is 0 Å². The molecule has 0 bridgehead atoms. The summed E-state index contributed by atoms with van der Waals surface area (Å²) in [5.41, 5.74) is 0. The Morgan fingerprint density at radius 3 is 2.29 bits per heavy atom. The number of rotatable bonds is 2. The maximum absolute atomic E-state index is 11.2. The summed E-state index contributed by atoms with van der Waals surface area (Å²) < 4.78 is 22.0. The summed E-state index contributed by atoms with van der Waals surface area (Å²) in [7, 11) is 0. The minimum Gasteiger partial charge on any atom is -0.261 e. The highest BCUT2D eigenvalue weighted by Crippen LogP contribution is 1.89. The molecule has 3 nitrogen and oxygen atoms in total. The first-order chi connectivity index (χ1) is 3.18. The lowest BCUT2D eigenvalue weighted by atomic mass is 10.7. The van der Waals surface area contributed by atoms with Crippen LogP contribution in [0.2, 0.25) is 0 Å². The molecule has 0 aromatic carbocycles. The van der Waals surface area contributed by atoms with Crippen molar-refractivity contribution < 1.29 is 13.7 Å². The summed E-state index contributed by atoms with van der Waals surface area (Å²) in [6, 6.07) is 0. The molecule has 0 aliphatic carbocycles. The summed E-state index contributed by atoms with van der Waals surface area (Å²) in [5, 5.41) is 9.12. The zero-order valence-corrected chi connectivity index (χ0v) is 3.30. The van der Waals surface area contributed by atoms with Gasteiger partial charge in [-0.15, -0.1) is 0 Å². The maximum Gasteiger partial charge on any atom is 0.377 e. The molecule has 0 rings (SSSR count). The molecule has 5 heteroatoms. The molecule has 0 aliphatic heterocycles. The van der Waals surface area contributed by atoms with Crippen LogP contribution in [-0.4, -0.2) is 17.9 Å². The van der Waals surface area contributed by atoms with E-state index >= 15 is 0 Å². The van der Waals surface area contributed by atoms with E-state index in [1.807, 2.05) is 0 Å². The van der Waals surface area contributed by atoms with E-state index in [0.29, 0.717) is 0 Å². The number of nitrogens with zero attached hydrogens (tertiary/aromatic N) is 1. The molecule has 1 unspecified atom stereocenters. The third-order valence-corrected chi connectivity index (χ3v) is 0.356. The van der Waals surface area contributed by atoms with Crippen molar-refractivity contribution in [1.82, 2.24) is 0 Å². The number of hydrogen-bond donors (Lipinski definition) is 0. The van der Waals surface area contributed by atoms with Crippen LogP contribution in [0.25, 0.3) is 0 Å². The van der Waals surface area contributed by atoms with Crippen molar-refractivity contribution in [1.29, 1.82) is 0 Å². The zero-order chi connectivity index (χ0) is 5.86. The fourth-order valence-corrected chi connectivity index (χ4v) is 0.0563. The molecule has 0 aromatic heterocycles. The number of hydrogen-bond acceptors (Lipinski definition) is 2. The van der Waals surface area contributed by atoms with Gasteiger partial charge in [0.2, 0.25) is 0 Å². The van der Waals surface area contributed by atoms with Crippen LogP contribution in [0.1, 0.15) is 0 Å². The van der Waals surface area contributed by atoms with Gasteiger partial charge in [0.1, 0.15) is 0 Å². The van der Waals surface area contributed by atoms with E-state index in [2.05, 4.69) is 0 Å². The quantitative estimate of drug-likeness (QED) is 0.296. The van der Waals surface area contributed by atoms with Gasteiger partial charge in [-0.25, -0.2) is 4.39 Å². The fourth-order valence-electron chi connectivity index (χ4n) is 0.0563. The molecule has 42 valence electrons. The fraction of sp³-hybridized carbons (Fsp3) is 1.00. The third kappa shape index (κ3) is 2.02. The molecule has 0 aliphatic rings. The van der Waals surface area contributed by atoms with Crippen molar-refractivity contribution in [3.05, 3.63) is 10.1 Å². The number of alkyl halides is 2. The van der Waals surface area contributed by atoms with Crippen LogP contribution in [0.5, 0.6) is 0 Å². The molecule has 0 saturated carbocycles. The number of halogens is 2. The summed E-state index contributed by atoms with van der Waals surface area (Å²) in [6.45, 7) is -1.55. The molecular weight excluding hydrogens is 108 g/mol. The minimum absolute atomic E-state index is 1.32. The van der Waals surface area contributed by atoms with Crippen LogP contribution in [0, 0.1) is 10.1 Å². The Balaban J connectivity index is 3.34. The first-order valence-corrected chi connectivity index (χ1v) is 1.52. The predicted molar refractivity (Wildman–Crippen MR) is 17.9 cm³/mol. The van der Waals surface area contributed by atoms with Crippen LogP contribution in [0.4, 0.5) is 8.78 Å². The van der Waals surface area contributed by atoms with Gasteiger partial charge in [0.15, 0.2) is 6.67 Å². The largest absolute Gasteiger partial charge is 0.377 e. The van der Waals surface area contributed by atoms with Gasteiger partial charge in [-0.3, -0.25) is 10.1 Å². The SMILES string of the molecule is O=[N+]([O-])C(F)CF. The van der Waals surface area contributed by atoms with E-state index in [1.54, 1.807) is 0 Å². The van der Waals surface area contributed by atoms with Crippen molar-refractivity contribution in [3.8, 4) is 0 Å². The summed E-state index contributed by atoms with van der Waals surface area (Å²) >= 11 is 0. The molecule has 0 saturated heterocycles. The highest BCUT2D eigenvalue weighted by Gasteiger charge is 2.15. The highest BCUT2D eigenvalue weighted by atomic mass is 19.2.